The highest BCUT2D eigenvalue weighted by Gasteiger charge is 2.38. The van der Waals surface area contributed by atoms with Crippen molar-refractivity contribution in [1.29, 1.82) is 0 Å². The first-order valence-electron chi connectivity index (χ1n) is 6.08. The van der Waals surface area contributed by atoms with Crippen molar-refractivity contribution in [1.82, 2.24) is 5.32 Å². The average molecular weight is 243 g/mol. The summed E-state index contributed by atoms with van der Waals surface area (Å²) in [5, 5.41) is 11.7. The molecule has 0 bridgehead atoms. The second kappa shape index (κ2) is 6.00. The smallest absolute Gasteiger partial charge is 0.305 e. The summed E-state index contributed by atoms with van der Waals surface area (Å²) < 4.78 is 5.22. The van der Waals surface area contributed by atoms with Gasteiger partial charge in [-0.3, -0.25) is 9.59 Å². The number of hydrogen-bond acceptors (Lipinski definition) is 3. The fourth-order valence-corrected chi connectivity index (χ4v) is 1.99. The average Bonchev–Trinajstić information content (AvgIpc) is 2.64. The number of hydrogen-bond donors (Lipinski definition) is 2. The molecule has 2 atom stereocenters. The van der Waals surface area contributed by atoms with Gasteiger partial charge in [-0.1, -0.05) is 20.3 Å². The molecule has 1 rings (SSSR count). The Morgan fingerprint density at radius 3 is 2.71 bits per heavy atom. The third-order valence-electron chi connectivity index (χ3n) is 3.23. The molecule has 0 saturated carbocycles. The van der Waals surface area contributed by atoms with Crippen molar-refractivity contribution in [2.24, 2.45) is 5.92 Å². The number of ether oxygens (including phenoxy) is 1. The molecule has 0 spiro atoms. The summed E-state index contributed by atoms with van der Waals surface area (Å²) in [4.78, 5) is 22.6. The van der Waals surface area contributed by atoms with Crippen LogP contribution in [0.1, 0.15) is 39.5 Å². The van der Waals surface area contributed by atoms with Gasteiger partial charge < -0.3 is 15.2 Å². The van der Waals surface area contributed by atoms with Crippen LogP contribution in [0.15, 0.2) is 0 Å². The SMILES string of the molecule is CCC(C)CC(=O)NC1(CC(=O)O)CCOC1. The van der Waals surface area contributed by atoms with Gasteiger partial charge in [-0.15, -0.1) is 0 Å². The van der Waals surface area contributed by atoms with Gasteiger partial charge in [-0.05, 0) is 12.3 Å². The summed E-state index contributed by atoms with van der Waals surface area (Å²) in [6, 6.07) is 0. The minimum Gasteiger partial charge on any atom is -0.481 e. The van der Waals surface area contributed by atoms with Crippen LogP contribution in [0.25, 0.3) is 0 Å². The van der Waals surface area contributed by atoms with E-state index in [1.54, 1.807) is 0 Å². The molecule has 1 saturated heterocycles. The number of rotatable bonds is 6. The van der Waals surface area contributed by atoms with Crippen molar-refractivity contribution in [2.75, 3.05) is 13.2 Å². The molecule has 0 aromatic rings. The van der Waals surface area contributed by atoms with Crippen LogP contribution in [0.5, 0.6) is 0 Å². The van der Waals surface area contributed by atoms with E-state index in [2.05, 4.69) is 5.32 Å². The second-order valence-electron chi connectivity index (χ2n) is 4.92. The summed E-state index contributed by atoms with van der Waals surface area (Å²) in [6.45, 7) is 4.85. The number of carbonyl (C=O) groups is 2. The summed E-state index contributed by atoms with van der Waals surface area (Å²) >= 11 is 0. The van der Waals surface area contributed by atoms with E-state index in [-0.39, 0.29) is 12.3 Å². The lowest BCUT2D eigenvalue weighted by molar-refractivity contribution is -0.139. The first-order chi connectivity index (χ1) is 7.97. The molecular formula is C12H21NO4. The molecule has 5 nitrogen and oxygen atoms in total. The van der Waals surface area contributed by atoms with E-state index in [1.165, 1.54) is 0 Å². The van der Waals surface area contributed by atoms with Crippen LogP contribution in [0, 0.1) is 5.92 Å². The molecule has 2 N–H and O–H groups in total. The minimum absolute atomic E-state index is 0.0702. The Morgan fingerprint density at radius 1 is 1.53 bits per heavy atom. The van der Waals surface area contributed by atoms with Gasteiger partial charge >= 0.3 is 5.97 Å². The maximum Gasteiger partial charge on any atom is 0.305 e. The predicted molar refractivity (Wildman–Crippen MR) is 62.6 cm³/mol. The summed E-state index contributed by atoms with van der Waals surface area (Å²) in [6.07, 6.45) is 1.89. The van der Waals surface area contributed by atoms with Crippen LogP contribution in [0.3, 0.4) is 0 Å². The number of carboxylic acid groups (broad SMARTS) is 1. The zero-order valence-electron chi connectivity index (χ0n) is 10.5. The molecular weight excluding hydrogens is 222 g/mol. The highest BCUT2D eigenvalue weighted by molar-refractivity contribution is 5.78. The van der Waals surface area contributed by atoms with Crippen LogP contribution in [0.4, 0.5) is 0 Å². The quantitative estimate of drug-likeness (QED) is 0.734. The Hall–Kier alpha value is -1.10. The zero-order chi connectivity index (χ0) is 12.9. The van der Waals surface area contributed by atoms with Gasteiger partial charge in [-0.25, -0.2) is 0 Å². The van der Waals surface area contributed by atoms with Crippen molar-refractivity contribution in [3.63, 3.8) is 0 Å². The molecule has 1 amide bonds. The van der Waals surface area contributed by atoms with Gasteiger partial charge in [0.05, 0.1) is 18.6 Å². The number of carboxylic acids is 1. The molecule has 0 radical (unpaired) electrons. The number of nitrogens with one attached hydrogen (secondary N) is 1. The van der Waals surface area contributed by atoms with Crippen LogP contribution in [0.2, 0.25) is 0 Å². The van der Waals surface area contributed by atoms with Crippen molar-refractivity contribution >= 4 is 11.9 Å². The Balaban J connectivity index is 2.54. The first kappa shape index (κ1) is 14.0. The topological polar surface area (TPSA) is 75.6 Å². The van der Waals surface area contributed by atoms with Crippen LogP contribution < -0.4 is 5.32 Å². The summed E-state index contributed by atoms with van der Waals surface area (Å²) in [5.74, 6) is -0.662. The third kappa shape index (κ3) is 4.34. The standard InChI is InChI=1S/C12H21NO4/c1-3-9(2)6-10(14)13-12(7-11(15)16)4-5-17-8-12/h9H,3-8H2,1-2H3,(H,13,14)(H,15,16). The fourth-order valence-electron chi connectivity index (χ4n) is 1.99. The van der Waals surface area contributed by atoms with Crippen LogP contribution in [-0.2, 0) is 14.3 Å². The predicted octanol–water partition coefficient (Wildman–Crippen LogP) is 1.17. The maximum absolute atomic E-state index is 11.8. The van der Waals surface area contributed by atoms with Crippen LogP contribution >= 0.6 is 0 Å². The van der Waals surface area contributed by atoms with E-state index >= 15 is 0 Å². The van der Waals surface area contributed by atoms with Gasteiger partial charge in [0.25, 0.3) is 0 Å². The Morgan fingerprint density at radius 2 is 2.24 bits per heavy atom. The highest BCUT2D eigenvalue weighted by atomic mass is 16.5. The molecule has 0 aromatic heterocycles. The molecule has 1 fully saturated rings. The monoisotopic (exact) mass is 243 g/mol. The van der Waals surface area contributed by atoms with Gasteiger partial charge in [0.15, 0.2) is 0 Å². The Kier molecular flexibility index (Phi) is 4.93. The van der Waals surface area contributed by atoms with E-state index in [0.717, 1.165) is 6.42 Å². The first-order valence-corrected chi connectivity index (χ1v) is 6.08. The van der Waals surface area contributed by atoms with E-state index in [0.29, 0.717) is 32.0 Å². The largest absolute Gasteiger partial charge is 0.481 e. The van der Waals surface area contributed by atoms with Gasteiger partial charge in [0.1, 0.15) is 0 Å². The van der Waals surface area contributed by atoms with Gasteiger partial charge in [-0.2, -0.15) is 0 Å². The minimum atomic E-state index is -0.903. The molecule has 5 heteroatoms. The van der Waals surface area contributed by atoms with Gasteiger partial charge in [0, 0.05) is 13.0 Å². The van der Waals surface area contributed by atoms with Crippen molar-refractivity contribution in [2.45, 2.75) is 45.1 Å². The Labute approximate surface area is 102 Å². The number of carbonyl (C=O) groups excluding carboxylic acids is 1. The van der Waals surface area contributed by atoms with E-state index in [1.807, 2.05) is 13.8 Å². The third-order valence-corrected chi connectivity index (χ3v) is 3.23. The number of aliphatic carboxylic acids is 1. The van der Waals surface area contributed by atoms with Crippen molar-refractivity contribution in [3.8, 4) is 0 Å². The molecule has 0 aromatic carbocycles. The van der Waals surface area contributed by atoms with Crippen molar-refractivity contribution in [3.05, 3.63) is 0 Å². The normalized spacial score (nSPS) is 25.5. The second-order valence-corrected chi connectivity index (χ2v) is 4.92. The van der Waals surface area contributed by atoms with E-state index in [9.17, 15) is 9.59 Å². The molecule has 98 valence electrons. The summed E-state index contributed by atoms with van der Waals surface area (Å²) in [5.41, 5.74) is -0.698. The fraction of sp³-hybridized carbons (Fsp3) is 0.833. The molecule has 0 aliphatic carbocycles. The lowest BCUT2D eigenvalue weighted by atomic mass is 9.93. The highest BCUT2D eigenvalue weighted by Crippen LogP contribution is 2.23. The van der Waals surface area contributed by atoms with Gasteiger partial charge in [0.2, 0.25) is 5.91 Å². The van der Waals surface area contributed by atoms with Crippen molar-refractivity contribution < 1.29 is 19.4 Å². The Bertz CT molecular complexity index is 284. The molecule has 1 heterocycles. The molecule has 2 unspecified atom stereocenters. The summed E-state index contributed by atoms with van der Waals surface area (Å²) in [7, 11) is 0. The lowest BCUT2D eigenvalue weighted by Gasteiger charge is -2.27. The molecule has 1 aliphatic heterocycles. The number of amides is 1. The van der Waals surface area contributed by atoms with E-state index in [4.69, 9.17) is 9.84 Å². The van der Waals surface area contributed by atoms with E-state index < -0.39 is 11.5 Å². The molecule has 1 aliphatic rings. The zero-order valence-corrected chi connectivity index (χ0v) is 10.5. The lowest BCUT2D eigenvalue weighted by Crippen LogP contribution is -2.50. The maximum atomic E-state index is 11.8. The molecule has 17 heavy (non-hydrogen) atoms. The van der Waals surface area contributed by atoms with Crippen LogP contribution in [-0.4, -0.2) is 35.7 Å².